The minimum atomic E-state index is -6.02. The molecule has 174 valence electrons. The Kier molecular flexibility index (Phi) is 5.88. The van der Waals surface area contributed by atoms with Crippen LogP contribution in [0.5, 0.6) is 0 Å². The number of aliphatic hydroxyl groups is 2. The van der Waals surface area contributed by atoms with Crippen LogP contribution in [0.15, 0.2) is 11.1 Å². The summed E-state index contributed by atoms with van der Waals surface area (Å²) in [5.41, 5.74) is 2.36. The zero-order valence-corrected chi connectivity index (χ0v) is 18.1. The van der Waals surface area contributed by atoms with Crippen LogP contribution >= 0.6 is 21.3 Å². The third kappa shape index (κ3) is 3.92. The molecule has 20 heteroatoms. The fourth-order valence-corrected chi connectivity index (χ4v) is 8.32. The van der Waals surface area contributed by atoms with Gasteiger partial charge in [0.05, 0.1) is 12.9 Å². The van der Waals surface area contributed by atoms with Crippen LogP contribution in [-0.4, -0.2) is 73.7 Å². The van der Waals surface area contributed by atoms with Gasteiger partial charge in [0.1, 0.15) is 17.8 Å². The number of hydrogen-bond acceptors (Lipinski definition) is 11. The molecule has 31 heavy (non-hydrogen) atoms. The highest BCUT2D eigenvalue weighted by Gasteiger charge is 2.59. The van der Waals surface area contributed by atoms with E-state index in [-0.39, 0.29) is 17.1 Å². The number of anilines is 1. The van der Waals surface area contributed by atoms with Crippen molar-refractivity contribution in [3.05, 3.63) is 16.7 Å². The topological polar surface area (TPSA) is 281 Å². The van der Waals surface area contributed by atoms with Gasteiger partial charge < -0.3 is 40.3 Å². The fourth-order valence-electron chi connectivity index (χ4n) is 2.89. The number of nitrogens with zero attached hydrogens (tertiary/aromatic N) is 3. The molecule has 0 amide bonds. The Hall–Kier alpha value is -1.48. The van der Waals surface area contributed by atoms with Gasteiger partial charge in [-0.25, -0.2) is 14.1 Å². The molecule has 6 atom stereocenters. The first kappa shape index (κ1) is 24.2. The standard InChI is InChI=1S/C11H18N5O12P3/c1-11(19)6(17)4(2-27-30(23,24)31(25,26)29(20,21)22)28-9(11)16-3-13-5-7(16)14-10(12)15-8(5)18/h3-4,6,9,17,19H,2H2,1H3,(H,23,24)(H,25,26)(H2,20,21,22)(H3,12,14,15,18)/t4-,6-,9-,11+/m1/s1. The van der Waals surface area contributed by atoms with Crippen LogP contribution in [-0.2, 0) is 23.0 Å². The van der Waals surface area contributed by atoms with Crippen molar-refractivity contribution in [3.8, 4) is 0 Å². The summed E-state index contributed by atoms with van der Waals surface area (Å²) >= 11 is 0. The Bertz CT molecular complexity index is 1220. The summed E-state index contributed by atoms with van der Waals surface area (Å²) in [5, 5.41) is 21.1. The quantitative estimate of drug-likeness (QED) is 0.201. The highest BCUT2D eigenvalue weighted by molar-refractivity contribution is 8.60. The number of aromatic nitrogens is 4. The third-order valence-corrected chi connectivity index (χ3v) is 14.8. The Morgan fingerprint density at radius 2 is 1.94 bits per heavy atom. The Morgan fingerprint density at radius 1 is 1.32 bits per heavy atom. The molecule has 3 heterocycles. The number of H-pyrrole nitrogens is 1. The van der Waals surface area contributed by atoms with Crippen LogP contribution in [0.2, 0.25) is 0 Å². The first-order chi connectivity index (χ1) is 14.0. The van der Waals surface area contributed by atoms with Crippen molar-refractivity contribution >= 4 is 38.4 Å². The molecule has 9 N–H and O–H groups in total. The van der Waals surface area contributed by atoms with Gasteiger partial charge >= 0.3 is 21.3 Å². The van der Waals surface area contributed by atoms with Gasteiger partial charge in [0.15, 0.2) is 17.4 Å². The number of nitrogens with two attached hydrogens (primary N) is 1. The summed E-state index contributed by atoms with van der Waals surface area (Å²) < 4.78 is 45.5. The molecule has 2 aromatic rings. The van der Waals surface area contributed by atoms with Crippen LogP contribution in [0.4, 0.5) is 5.95 Å². The number of aromatic amines is 1. The van der Waals surface area contributed by atoms with Crippen LogP contribution in [0.25, 0.3) is 11.2 Å². The number of imidazole rings is 1. The lowest BCUT2D eigenvalue weighted by Gasteiger charge is -2.27. The van der Waals surface area contributed by atoms with E-state index in [4.69, 9.17) is 20.3 Å². The van der Waals surface area contributed by atoms with Crippen molar-refractivity contribution in [2.45, 2.75) is 31.0 Å². The van der Waals surface area contributed by atoms with Gasteiger partial charge in [-0.15, -0.1) is 0 Å². The van der Waals surface area contributed by atoms with E-state index in [1.54, 1.807) is 0 Å². The number of hydrogen-bond donors (Lipinski definition) is 8. The smallest absolute Gasteiger partial charge is 0.387 e. The van der Waals surface area contributed by atoms with E-state index in [2.05, 4.69) is 19.5 Å². The number of rotatable bonds is 6. The molecule has 0 aromatic carbocycles. The summed E-state index contributed by atoms with van der Waals surface area (Å²) in [6.07, 6.45) is -3.89. The third-order valence-electron chi connectivity index (χ3n) is 4.53. The molecule has 0 bridgehead atoms. The summed E-state index contributed by atoms with van der Waals surface area (Å²) in [7, 11) is -11.7. The van der Waals surface area contributed by atoms with Gasteiger partial charge in [0.2, 0.25) is 5.95 Å². The summed E-state index contributed by atoms with van der Waals surface area (Å²) in [6, 6.07) is 0. The molecule has 0 spiro atoms. The van der Waals surface area contributed by atoms with Crippen molar-refractivity contribution in [2.75, 3.05) is 12.3 Å². The minimum Gasteiger partial charge on any atom is -0.387 e. The molecule has 1 fully saturated rings. The number of fused-ring (bicyclic) bond motifs is 1. The average Bonchev–Trinajstić information content (AvgIpc) is 3.12. The average molecular weight is 505 g/mol. The Balaban J connectivity index is 1.89. The van der Waals surface area contributed by atoms with Gasteiger partial charge in [-0.2, -0.15) is 4.98 Å². The van der Waals surface area contributed by atoms with E-state index in [1.807, 2.05) is 0 Å². The van der Waals surface area contributed by atoms with E-state index >= 15 is 0 Å². The van der Waals surface area contributed by atoms with Crippen LogP contribution in [0.1, 0.15) is 13.2 Å². The molecular weight excluding hydrogens is 487 g/mol. The second-order valence-corrected chi connectivity index (χ2v) is 17.4. The first-order valence-corrected chi connectivity index (χ1v) is 14.4. The zero-order valence-electron chi connectivity index (χ0n) is 15.4. The maximum Gasteiger partial charge on any atom is 0.422 e. The molecule has 1 saturated heterocycles. The lowest BCUT2D eigenvalue weighted by molar-refractivity contribution is -0.0948. The van der Waals surface area contributed by atoms with Crippen LogP contribution < -0.4 is 11.3 Å². The van der Waals surface area contributed by atoms with Crippen molar-refractivity contribution in [3.63, 3.8) is 0 Å². The van der Waals surface area contributed by atoms with Crippen molar-refractivity contribution in [2.24, 2.45) is 0 Å². The normalized spacial score (nSPS) is 30.9. The molecule has 0 radical (unpaired) electrons. The highest BCUT2D eigenvalue weighted by Crippen LogP contribution is 2.94. The maximum atomic E-state index is 11.9. The zero-order chi connectivity index (χ0) is 23.6. The molecular formula is C11H18N5O12P3. The molecule has 1 aliphatic heterocycles. The summed E-state index contributed by atoms with van der Waals surface area (Å²) in [5.74, 6) is -0.283. The second-order valence-electron chi connectivity index (χ2n) is 6.79. The molecule has 0 aliphatic carbocycles. The lowest BCUT2D eigenvalue weighted by atomic mass is 9.96. The predicted molar refractivity (Wildman–Crippen MR) is 101 cm³/mol. The van der Waals surface area contributed by atoms with Gasteiger partial charge in [0.25, 0.3) is 5.56 Å². The Morgan fingerprint density at radius 3 is 2.52 bits per heavy atom. The Labute approximate surface area is 171 Å². The fraction of sp³-hybridized carbons (Fsp3) is 0.545. The SMILES string of the molecule is C[C@]1(O)[C@H](O)[C@@H](COP(=O)(O)P(=O)(O)P(=O)(O)O)O[C@H]1n1cnc2c(=O)[nH]c(N)nc21. The van der Waals surface area contributed by atoms with Gasteiger partial charge in [-0.3, -0.25) is 23.4 Å². The van der Waals surface area contributed by atoms with E-state index in [0.717, 1.165) is 17.8 Å². The molecule has 1 aliphatic rings. The highest BCUT2D eigenvalue weighted by atomic mass is 32.5. The van der Waals surface area contributed by atoms with Gasteiger partial charge in [-0.1, -0.05) is 0 Å². The van der Waals surface area contributed by atoms with Crippen molar-refractivity contribution < 1.29 is 52.7 Å². The number of aliphatic hydroxyl groups excluding tert-OH is 1. The van der Waals surface area contributed by atoms with Crippen LogP contribution in [0, 0.1) is 0 Å². The number of ether oxygens (including phenoxy) is 1. The molecule has 3 rings (SSSR count). The van der Waals surface area contributed by atoms with Gasteiger partial charge in [0, 0.05) is 0 Å². The summed E-state index contributed by atoms with van der Waals surface area (Å²) in [4.78, 5) is 58.4. The second kappa shape index (κ2) is 7.54. The monoisotopic (exact) mass is 505 g/mol. The molecule has 17 nitrogen and oxygen atoms in total. The van der Waals surface area contributed by atoms with Crippen molar-refractivity contribution in [1.29, 1.82) is 0 Å². The van der Waals surface area contributed by atoms with Crippen LogP contribution in [0.3, 0.4) is 0 Å². The van der Waals surface area contributed by atoms with E-state index in [9.17, 15) is 38.5 Å². The van der Waals surface area contributed by atoms with Gasteiger partial charge in [-0.05, 0) is 6.92 Å². The predicted octanol–water partition coefficient (Wildman–Crippen LogP) is -1.81. The molecule has 0 saturated carbocycles. The molecule has 2 aromatic heterocycles. The summed E-state index contributed by atoms with van der Waals surface area (Å²) in [6.45, 7) is -6.03. The number of nitrogen functional groups attached to an aromatic ring is 1. The van der Waals surface area contributed by atoms with E-state index in [0.29, 0.717) is 0 Å². The first-order valence-electron chi connectivity index (χ1n) is 8.15. The van der Waals surface area contributed by atoms with E-state index in [1.165, 1.54) is 0 Å². The minimum absolute atomic E-state index is 0.130. The maximum absolute atomic E-state index is 11.9. The lowest BCUT2D eigenvalue weighted by Crippen LogP contribution is -2.44. The number of nitrogens with one attached hydrogen (secondary N) is 1. The van der Waals surface area contributed by atoms with E-state index < -0.39 is 57.5 Å². The largest absolute Gasteiger partial charge is 0.422 e. The molecule has 2 unspecified atom stereocenters. The van der Waals surface area contributed by atoms with Crippen molar-refractivity contribution in [1.82, 2.24) is 19.5 Å².